The predicted octanol–water partition coefficient (Wildman–Crippen LogP) is 1.63. The Labute approximate surface area is 104 Å². The third kappa shape index (κ3) is 1.99. The lowest BCUT2D eigenvalue weighted by Crippen LogP contribution is -2.09. The predicted molar refractivity (Wildman–Crippen MR) is 64.7 cm³/mol. The first-order valence-corrected chi connectivity index (χ1v) is 6.88. The molecule has 1 atom stereocenters. The highest BCUT2D eigenvalue weighted by Crippen LogP contribution is 2.41. The van der Waals surface area contributed by atoms with Gasteiger partial charge in [0, 0.05) is 11.0 Å². The number of hydrogen-bond donors (Lipinski definition) is 2. The average Bonchev–Trinajstić information content (AvgIpc) is 2.51. The minimum absolute atomic E-state index is 0.116. The molecule has 2 rings (SSSR count). The summed E-state index contributed by atoms with van der Waals surface area (Å²) in [7, 11) is -3.66. The van der Waals surface area contributed by atoms with Crippen LogP contribution in [0.15, 0.2) is 28.5 Å². The van der Waals surface area contributed by atoms with E-state index in [0.717, 1.165) is 5.41 Å². The summed E-state index contributed by atoms with van der Waals surface area (Å²) < 4.78 is 23.7. The van der Waals surface area contributed by atoms with Gasteiger partial charge in [0.2, 0.25) is 9.84 Å². The fourth-order valence-electron chi connectivity index (χ4n) is 1.96. The molecule has 0 aromatic heterocycles. The van der Waals surface area contributed by atoms with Gasteiger partial charge in [-0.1, -0.05) is 19.1 Å². The first kappa shape index (κ1) is 12.6. The number of carboxylic acid groups (broad SMARTS) is 1. The molecule has 96 valence electrons. The Morgan fingerprint density at radius 1 is 1.39 bits per heavy atom. The highest BCUT2D eigenvalue weighted by atomic mass is 32.2. The van der Waals surface area contributed by atoms with E-state index in [1.807, 2.05) is 0 Å². The van der Waals surface area contributed by atoms with Gasteiger partial charge in [0.25, 0.3) is 0 Å². The number of phenolic OH excluding ortho intramolecular Hbond substituents is 1. The molecule has 2 N–H and O–H groups in total. The molecule has 0 spiro atoms. The van der Waals surface area contributed by atoms with Crippen LogP contribution in [0, 0.1) is 5.92 Å². The number of carboxylic acids is 1. The van der Waals surface area contributed by atoms with Crippen molar-refractivity contribution in [1.29, 1.82) is 0 Å². The molecule has 1 unspecified atom stereocenters. The van der Waals surface area contributed by atoms with E-state index in [1.165, 1.54) is 19.1 Å². The summed E-state index contributed by atoms with van der Waals surface area (Å²) in [5.41, 5.74) is 0.818. The minimum atomic E-state index is -3.66. The smallest absolute Gasteiger partial charge is 0.306 e. The van der Waals surface area contributed by atoms with Crippen LogP contribution in [0.5, 0.6) is 5.75 Å². The van der Waals surface area contributed by atoms with Gasteiger partial charge in [-0.3, -0.25) is 4.79 Å². The Bertz CT molecular complexity index is 642. The SMILES string of the molecule is CC(CC1=CS(=O)(=O)c2c(O)cccc21)C(=O)O. The highest BCUT2D eigenvalue weighted by Gasteiger charge is 2.31. The van der Waals surface area contributed by atoms with Crippen molar-refractivity contribution in [3.8, 4) is 5.75 Å². The van der Waals surface area contributed by atoms with Gasteiger partial charge in [-0.2, -0.15) is 0 Å². The largest absolute Gasteiger partial charge is 0.507 e. The number of benzene rings is 1. The normalized spacial score (nSPS) is 17.9. The fourth-order valence-corrected chi connectivity index (χ4v) is 3.54. The number of fused-ring (bicyclic) bond motifs is 1. The van der Waals surface area contributed by atoms with Gasteiger partial charge in [0.15, 0.2) is 0 Å². The van der Waals surface area contributed by atoms with E-state index in [2.05, 4.69) is 0 Å². The van der Waals surface area contributed by atoms with Gasteiger partial charge < -0.3 is 10.2 Å². The first-order valence-electron chi connectivity index (χ1n) is 5.34. The zero-order valence-corrected chi connectivity index (χ0v) is 10.4. The van der Waals surface area contributed by atoms with Crippen molar-refractivity contribution in [2.45, 2.75) is 18.2 Å². The number of hydrogen-bond acceptors (Lipinski definition) is 4. The molecule has 18 heavy (non-hydrogen) atoms. The molecule has 5 nitrogen and oxygen atoms in total. The number of aromatic hydroxyl groups is 1. The number of carbonyl (C=O) groups is 1. The summed E-state index contributed by atoms with van der Waals surface area (Å²) in [6.07, 6.45) is 0.116. The summed E-state index contributed by atoms with van der Waals surface area (Å²) in [5.74, 6) is -1.97. The zero-order valence-electron chi connectivity index (χ0n) is 9.62. The second-order valence-electron chi connectivity index (χ2n) is 4.29. The maximum absolute atomic E-state index is 11.9. The van der Waals surface area contributed by atoms with Gasteiger partial charge in [0.1, 0.15) is 10.6 Å². The van der Waals surface area contributed by atoms with Crippen LogP contribution in [0.3, 0.4) is 0 Å². The molecule has 0 saturated carbocycles. The summed E-state index contributed by atoms with van der Waals surface area (Å²) in [4.78, 5) is 10.7. The van der Waals surface area contributed by atoms with Crippen LogP contribution in [-0.2, 0) is 14.6 Å². The Kier molecular flexibility index (Phi) is 2.90. The summed E-state index contributed by atoms with van der Waals surface area (Å²) in [6.45, 7) is 1.51. The van der Waals surface area contributed by atoms with Crippen molar-refractivity contribution in [2.75, 3.05) is 0 Å². The monoisotopic (exact) mass is 268 g/mol. The van der Waals surface area contributed by atoms with Crippen molar-refractivity contribution in [3.05, 3.63) is 29.2 Å². The lowest BCUT2D eigenvalue weighted by atomic mass is 9.97. The van der Waals surface area contributed by atoms with Gasteiger partial charge in [0.05, 0.1) is 5.92 Å². The number of allylic oxidation sites excluding steroid dienone is 1. The van der Waals surface area contributed by atoms with E-state index in [1.54, 1.807) is 6.07 Å². The molecule has 0 amide bonds. The molecule has 1 aliphatic heterocycles. The first-order chi connectivity index (χ1) is 8.33. The quantitative estimate of drug-likeness (QED) is 0.869. The van der Waals surface area contributed by atoms with Crippen molar-refractivity contribution in [2.24, 2.45) is 5.92 Å². The van der Waals surface area contributed by atoms with Crippen LogP contribution >= 0.6 is 0 Å². The Hall–Kier alpha value is -1.82. The molecule has 1 aliphatic rings. The lowest BCUT2D eigenvalue weighted by Gasteiger charge is -2.08. The molecule has 1 aromatic rings. The second-order valence-corrected chi connectivity index (χ2v) is 6.02. The molecule has 0 aliphatic carbocycles. The van der Waals surface area contributed by atoms with Crippen molar-refractivity contribution < 1.29 is 23.4 Å². The second kappa shape index (κ2) is 4.13. The van der Waals surface area contributed by atoms with Gasteiger partial charge in [-0.15, -0.1) is 0 Å². The number of phenols is 1. The minimum Gasteiger partial charge on any atom is -0.507 e. The molecule has 1 aromatic carbocycles. The van der Waals surface area contributed by atoms with Crippen LogP contribution in [0.2, 0.25) is 0 Å². The Morgan fingerprint density at radius 2 is 2.06 bits per heavy atom. The maximum Gasteiger partial charge on any atom is 0.306 e. The molecule has 0 bridgehead atoms. The number of aliphatic carboxylic acids is 1. The standard InChI is InChI=1S/C12H12O5S/c1-7(12(14)15)5-8-6-18(16,17)11-9(8)3-2-4-10(11)13/h2-4,6-7,13H,5H2,1H3,(H,14,15). The van der Waals surface area contributed by atoms with E-state index in [-0.39, 0.29) is 17.1 Å². The maximum atomic E-state index is 11.9. The summed E-state index contributed by atoms with van der Waals surface area (Å²) in [5, 5.41) is 19.5. The number of sulfone groups is 1. The van der Waals surface area contributed by atoms with Crippen LogP contribution in [-0.4, -0.2) is 24.6 Å². The summed E-state index contributed by atoms with van der Waals surface area (Å²) in [6, 6.07) is 4.40. The molecule has 0 radical (unpaired) electrons. The molecular formula is C12H12O5S. The van der Waals surface area contributed by atoms with Crippen LogP contribution in [0.1, 0.15) is 18.9 Å². The fraction of sp³-hybridized carbons (Fsp3) is 0.250. The molecule has 0 saturated heterocycles. The van der Waals surface area contributed by atoms with E-state index in [0.29, 0.717) is 11.1 Å². The van der Waals surface area contributed by atoms with Crippen molar-refractivity contribution in [3.63, 3.8) is 0 Å². The molecule has 0 fully saturated rings. The zero-order chi connectivity index (χ0) is 13.5. The van der Waals surface area contributed by atoms with Crippen LogP contribution < -0.4 is 0 Å². The van der Waals surface area contributed by atoms with E-state index >= 15 is 0 Å². The lowest BCUT2D eigenvalue weighted by molar-refractivity contribution is -0.140. The van der Waals surface area contributed by atoms with Gasteiger partial charge in [-0.05, 0) is 18.1 Å². The van der Waals surface area contributed by atoms with Gasteiger partial charge >= 0.3 is 5.97 Å². The van der Waals surface area contributed by atoms with E-state index in [9.17, 15) is 18.3 Å². The van der Waals surface area contributed by atoms with Gasteiger partial charge in [-0.25, -0.2) is 8.42 Å². The Morgan fingerprint density at radius 3 is 2.67 bits per heavy atom. The van der Waals surface area contributed by atoms with E-state index < -0.39 is 21.7 Å². The molecule has 1 heterocycles. The average molecular weight is 268 g/mol. The number of rotatable bonds is 3. The molecular weight excluding hydrogens is 256 g/mol. The van der Waals surface area contributed by atoms with Crippen LogP contribution in [0.4, 0.5) is 0 Å². The van der Waals surface area contributed by atoms with Crippen LogP contribution in [0.25, 0.3) is 5.57 Å². The topological polar surface area (TPSA) is 91.7 Å². The highest BCUT2D eigenvalue weighted by molar-refractivity contribution is 7.95. The van der Waals surface area contributed by atoms with Crippen molar-refractivity contribution >= 4 is 21.4 Å². The Balaban J connectivity index is 2.49. The molecule has 6 heteroatoms. The third-order valence-corrected chi connectivity index (χ3v) is 4.46. The van der Waals surface area contributed by atoms with E-state index in [4.69, 9.17) is 5.11 Å². The summed E-state index contributed by atoms with van der Waals surface area (Å²) >= 11 is 0. The third-order valence-electron chi connectivity index (χ3n) is 2.87. The van der Waals surface area contributed by atoms with Crippen molar-refractivity contribution in [1.82, 2.24) is 0 Å².